The number of rotatable bonds is 4. The first-order valence-electron chi connectivity index (χ1n) is 5.26. The Morgan fingerprint density at radius 3 is 1.89 bits per heavy atom. The molecule has 0 unspecified atom stereocenters. The van der Waals surface area contributed by atoms with Gasteiger partial charge in [0.15, 0.2) is 11.5 Å². The van der Waals surface area contributed by atoms with Gasteiger partial charge >= 0.3 is 11.9 Å². The van der Waals surface area contributed by atoms with Crippen LogP contribution in [0, 0.1) is 0 Å². The molecular weight excluding hydrogens is 254 g/mol. The van der Waals surface area contributed by atoms with E-state index in [-0.39, 0.29) is 5.69 Å². The zero-order chi connectivity index (χ0) is 14.4. The Morgan fingerprint density at radius 1 is 0.895 bits per heavy atom. The van der Waals surface area contributed by atoms with E-state index in [1.807, 2.05) is 0 Å². The number of hydrogen-bond donors (Lipinski definition) is 1. The van der Waals surface area contributed by atoms with Gasteiger partial charge in [0.25, 0.3) is 0 Å². The normalized spacial score (nSPS) is 9.47. The highest BCUT2D eigenvalue weighted by Gasteiger charge is 2.18. The molecule has 0 atom stereocenters. The minimum Gasteiger partial charge on any atom is -0.494 e. The SMILES string of the molecule is COC(=O)C(=O)Nc1cc(OC)c(OC)cc1OC. The fourth-order valence-corrected chi connectivity index (χ4v) is 1.39. The van der Waals surface area contributed by atoms with Crippen molar-refractivity contribution in [3.63, 3.8) is 0 Å². The maximum absolute atomic E-state index is 11.5. The van der Waals surface area contributed by atoms with E-state index in [4.69, 9.17) is 14.2 Å². The Balaban J connectivity index is 3.12. The van der Waals surface area contributed by atoms with Crippen LogP contribution >= 0.6 is 0 Å². The number of hydrogen-bond acceptors (Lipinski definition) is 6. The average molecular weight is 269 g/mol. The number of ether oxygens (including phenoxy) is 4. The molecule has 0 aromatic heterocycles. The van der Waals surface area contributed by atoms with E-state index in [0.29, 0.717) is 17.2 Å². The van der Waals surface area contributed by atoms with Gasteiger partial charge in [-0.15, -0.1) is 0 Å². The molecule has 1 amide bonds. The number of esters is 1. The highest BCUT2D eigenvalue weighted by molar-refractivity contribution is 6.37. The van der Waals surface area contributed by atoms with Crippen molar-refractivity contribution >= 4 is 17.6 Å². The third kappa shape index (κ3) is 3.27. The summed E-state index contributed by atoms with van der Waals surface area (Å²) in [4.78, 5) is 22.5. The third-order valence-corrected chi connectivity index (χ3v) is 2.32. The first-order chi connectivity index (χ1) is 9.07. The molecule has 0 fully saturated rings. The fourth-order valence-electron chi connectivity index (χ4n) is 1.39. The highest BCUT2D eigenvalue weighted by Crippen LogP contribution is 2.37. The number of carbonyl (C=O) groups excluding carboxylic acids is 2. The van der Waals surface area contributed by atoms with E-state index in [0.717, 1.165) is 7.11 Å². The minimum atomic E-state index is -1.00. The lowest BCUT2D eigenvalue weighted by atomic mass is 10.2. The molecule has 104 valence electrons. The zero-order valence-corrected chi connectivity index (χ0v) is 11.1. The number of benzene rings is 1. The Hall–Kier alpha value is -2.44. The van der Waals surface area contributed by atoms with Crippen LogP contribution in [0.25, 0.3) is 0 Å². The molecule has 0 heterocycles. The molecule has 0 saturated heterocycles. The molecular formula is C12H15NO6. The topological polar surface area (TPSA) is 83.1 Å². The molecule has 19 heavy (non-hydrogen) atoms. The fraction of sp³-hybridized carbons (Fsp3) is 0.333. The lowest BCUT2D eigenvalue weighted by molar-refractivity contribution is -0.150. The van der Waals surface area contributed by atoms with Crippen LogP contribution in [-0.2, 0) is 14.3 Å². The third-order valence-electron chi connectivity index (χ3n) is 2.32. The van der Waals surface area contributed by atoms with E-state index >= 15 is 0 Å². The van der Waals surface area contributed by atoms with E-state index in [2.05, 4.69) is 10.1 Å². The van der Waals surface area contributed by atoms with Crippen molar-refractivity contribution in [3.05, 3.63) is 12.1 Å². The predicted molar refractivity (Wildman–Crippen MR) is 66.7 cm³/mol. The zero-order valence-electron chi connectivity index (χ0n) is 11.1. The monoisotopic (exact) mass is 269 g/mol. The number of carbonyl (C=O) groups is 2. The summed E-state index contributed by atoms with van der Waals surface area (Å²) in [6, 6.07) is 3.02. The van der Waals surface area contributed by atoms with Crippen molar-refractivity contribution in [2.24, 2.45) is 0 Å². The van der Waals surface area contributed by atoms with E-state index in [1.54, 1.807) is 0 Å². The van der Waals surface area contributed by atoms with Gasteiger partial charge in [0.05, 0.1) is 34.1 Å². The average Bonchev–Trinajstić information content (AvgIpc) is 2.45. The van der Waals surface area contributed by atoms with E-state index in [9.17, 15) is 9.59 Å². The molecule has 0 aliphatic rings. The van der Waals surface area contributed by atoms with Crippen LogP contribution in [0.1, 0.15) is 0 Å². The number of amides is 1. The van der Waals surface area contributed by atoms with Gasteiger partial charge in [0.1, 0.15) is 5.75 Å². The molecule has 0 aliphatic carbocycles. The van der Waals surface area contributed by atoms with Gasteiger partial charge < -0.3 is 24.3 Å². The summed E-state index contributed by atoms with van der Waals surface area (Å²) < 4.78 is 19.6. The lowest BCUT2D eigenvalue weighted by Gasteiger charge is -2.14. The van der Waals surface area contributed by atoms with Crippen LogP contribution in [0.4, 0.5) is 5.69 Å². The molecule has 1 rings (SSSR count). The summed E-state index contributed by atoms with van der Waals surface area (Å²) in [5, 5.41) is 2.36. The summed E-state index contributed by atoms with van der Waals surface area (Å²) in [6.07, 6.45) is 0. The molecule has 0 radical (unpaired) electrons. The summed E-state index contributed by atoms with van der Waals surface area (Å²) in [5.41, 5.74) is 0.274. The number of methoxy groups -OCH3 is 4. The van der Waals surface area contributed by atoms with Crippen molar-refractivity contribution in [1.82, 2.24) is 0 Å². The standard InChI is InChI=1S/C12H15NO6/c1-16-8-6-10(18-3)9(17-2)5-7(8)13-11(14)12(15)19-4/h5-6H,1-4H3,(H,13,14). The Bertz CT molecular complexity index is 485. The van der Waals surface area contributed by atoms with Gasteiger partial charge in [-0.2, -0.15) is 0 Å². The summed E-state index contributed by atoms with van der Waals surface area (Å²) in [5.74, 6) is -0.751. The van der Waals surface area contributed by atoms with Crippen molar-refractivity contribution in [1.29, 1.82) is 0 Å². The summed E-state index contributed by atoms with van der Waals surface area (Å²) >= 11 is 0. The van der Waals surface area contributed by atoms with Crippen LogP contribution in [0.3, 0.4) is 0 Å². The first-order valence-corrected chi connectivity index (χ1v) is 5.26. The van der Waals surface area contributed by atoms with Gasteiger partial charge in [-0.05, 0) is 0 Å². The van der Waals surface area contributed by atoms with Crippen molar-refractivity contribution in [3.8, 4) is 17.2 Å². The quantitative estimate of drug-likeness (QED) is 0.643. The van der Waals surface area contributed by atoms with Gasteiger partial charge in [-0.25, -0.2) is 4.79 Å². The molecule has 7 heteroatoms. The molecule has 0 spiro atoms. The molecule has 0 saturated carbocycles. The molecule has 1 aromatic rings. The van der Waals surface area contributed by atoms with Crippen LogP contribution < -0.4 is 19.5 Å². The van der Waals surface area contributed by atoms with Gasteiger partial charge in [0, 0.05) is 12.1 Å². The summed E-state index contributed by atoms with van der Waals surface area (Å²) in [7, 11) is 5.48. The number of nitrogens with one attached hydrogen (secondary N) is 1. The first kappa shape index (κ1) is 14.6. The van der Waals surface area contributed by atoms with Gasteiger partial charge in [-0.3, -0.25) is 4.79 Å². The van der Waals surface area contributed by atoms with Crippen LogP contribution in [0.2, 0.25) is 0 Å². The van der Waals surface area contributed by atoms with Crippen molar-refractivity contribution < 1.29 is 28.5 Å². The molecule has 7 nitrogen and oxygen atoms in total. The van der Waals surface area contributed by atoms with Crippen LogP contribution in [-0.4, -0.2) is 40.3 Å². The van der Waals surface area contributed by atoms with E-state index in [1.165, 1.54) is 33.5 Å². The largest absolute Gasteiger partial charge is 0.494 e. The predicted octanol–water partition coefficient (Wildman–Crippen LogP) is 0.824. The molecule has 1 aromatic carbocycles. The maximum Gasteiger partial charge on any atom is 0.396 e. The number of anilines is 1. The molecule has 1 N–H and O–H groups in total. The summed E-state index contributed by atoms with van der Waals surface area (Å²) in [6.45, 7) is 0. The van der Waals surface area contributed by atoms with Crippen molar-refractivity contribution in [2.75, 3.05) is 33.8 Å². The smallest absolute Gasteiger partial charge is 0.396 e. The Labute approximate surface area is 110 Å². The molecule has 0 aliphatic heterocycles. The maximum atomic E-state index is 11.5. The highest BCUT2D eigenvalue weighted by atomic mass is 16.5. The van der Waals surface area contributed by atoms with Gasteiger partial charge in [0.2, 0.25) is 0 Å². The lowest BCUT2D eigenvalue weighted by Crippen LogP contribution is -2.24. The second-order valence-corrected chi connectivity index (χ2v) is 3.35. The molecule has 0 bridgehead atoms. The van der Waals surface area contributed by atoms with Crippen molar-refractivity contribution in [2.45, 2.75) is 0 Å². The van der Waals surface area contributed by atoms with Crippen LogP contribution in [0.15, 0.2) is 12.1 Å². The van der Waals surface area contributed by atoms with E-state index < -0.39 is 11.9 Å². The minimum absolute atomic E-state index is 0.274. The van der Waals surface area contributed by atoms with Crippen LogP contribution in [0.5, 0.6) is 17.2 Å². The van der Waals surface area contributed by atoms with Gasteiger partial charge in [-0.1, -0.05) is 0 Å². The Morgan fingerprint density at radius 2 is 1.42 bits per heavy atom. The second kappa shape index (κ2) is 6.48. The second-order valence-electron chi connectivity index (χ2n) is 3.35. The Kier molecular flexibility index (Phi) is 4.99.